The van der Waals surface area contributed by atoms with E-state index in [1.807, 2.05) is 0 Å². The minimum atomic E-state index is -4.96. The summed E-state index contributed by atoms with van der Waals surface area (Å²) in [6.07, 6.45) is -9.62. The summed E-state index contributed by atoms with van der Waals surface area (Å²) in [6.45, 7) is 5.81. The van der Waals surface area contributed by atoms with Crippen LogP contribution < -0.4 is 4.90 Å². The van der Waals surface area contributed by atoms with E-state index in [1.165, 1.54) is 44.3 Å². The van der Waals surface area contributed by atoms with E-state index in [9.17, 15) is 45.5 Å². The van der Waals surface area contributed by atoms with Crippen molar-refractivity contribution in [3.8, 4) is 0 Å². The number of hydrogen-bond donors (Lipinski definition) is 0. The van der Waals surface area contributed by atoms with Gasteiger partial charge in [0, 0.05) is 7.05 Å². The first-order chi connectivity index (χ1) is 22.8. The molecule has 0 N–H and O–H groups in total. The highest BCUT2D eigenvalue weighted by Gasteiger charge is 2.55. The Bertz CT molecular complexity index is 2120. The molecule has 0 saturated heterocycles. The van der Waals surface area contributed by atoms with Gasteiger partial charge in [0.25, 0.3) is 23.6 Å². The monoisotopic (exact) mass is 678 g/mol. The summed E-state index contributed by atoms with van der Waals surface area (Å²) >= 11 is 0. The number of anilines is 1. The number of benzene rings is 4. The Hall–Kier alpha value is -5.26. The molecule has 4 aromatic carbocycles. The Morgan fingerprint density at radius 2 is 1.02 bits per heavy atom. The smallest absolute Gasteiger partial charge is 0.277 e. The third kappa shape index (κ3) is 5.12. The Morgan fingerprint density at radius 1 is 0.551 bits per heavy atom. The molecule has 0 fully saturated rings. The summed E-state index contributed by atoms with van der Waals surface area (Å²) in [5.41, 5.74) is -2.70. The number of fused-ring (bicyclic) bond motifs is 2. The van der Waals surface area contributed by atoms with Gasteiger partial charge < -0.3 is 0 Å². The molecule has 0 aromatic heterocycles. The Labute approximate surface area is 276 Å². The van der Waals surface area contributed by atoms with Crippen molar-refractivity contribution < 1.29 is 45.5 Å². The van der Waals surface area contributed by atoms with Crippen LogP contribution in [-0.2, 0) is 5.41 Å². The van der Waals surface area contributed by atoms with E-state index in [0.717, 1.165) is 58.7 Å². The van der Waals surface area contributed by atoms with Crippen LogP contribution in [0.3, 0.4) is 0 Å². The predicted octanol–water partition coefficient (Wildman–Crippen LogP) is 8.20. The lowest BCUT2D eigenvalue weighted by Gasteiger charge is -2.33. The molecule has 4 amide bonds. The number of rotatable bonds is 5. The normalized spacial score (nSPS) is 16.6. The van der Waals surface area contributed by atoms with Gasteiger partial charge in [-0.15, -0.1) is 0 Å². The van der Waals surface area contributed by atoms with Gasteiger partial charge in [0.15, 0.2) is 0 Å². The van der Waals surface area contributed by atoms with Crippen LogP contribution in [0.1, 0.15) is 93.2 Å². The van der Waals surface area contributed by atoms with Gasteiger partial charge in [-0.05, 0) is 97.0 Å². The van der Waals surface area contributed by atoms with Gasteiger partial charge >= 0.3 is 12.4 Å². The molecule has 2 aliphatic heterocycles. The number of hydrogen-bond acceptors (Lipinski definition) is 4. The number of carbonyl (C=O) groups excluding carboxylic acids is 4. The molecule has 2 heterocycles. The number of aryl methyl sites for hydroxylation is 3. The molecule has 0 radical (unpaired) electrons. The van der Waals surface area contributed by atoms with E-state index in [1.54, 1.807) is 19.9 Å². The number of amides is 4. The van der Waals surface area contributed by atoms with Gasteiger partial charge in [0.05, 0.1) is 27.9 Å². The average Bonchev–Trinajstić information content (AvgIpc) is 3.40. The van der Waals surface area contributed by atoms with Crippen molar-refractivity contribution in [3.63, 3.8) is 0 Å². The lowest BCUT2D eigenvalue weighted by Crippen LogP contribution is -2.41. The maximum Gasteiger partial charge on any atom is 0.402 e. The highest BCUT2D eigenvalue weighted by molar-refractivity contribution is 6.34. The van der Waals surface area contributed by atoms with Crippen molar-refractivity contribution >= 4 is 29.3 Å². The molecule has 0 aliphatic carbocycles. The Kier molecular flexibility index (Phi) is 7.65. The van der Waals surface area contributed by atoms with E-state index in [0.29, 0.717) is 5.56 Å². The topological polar surface area (TPSA) is 74.8 Å². The maximum absolute atomic E-state index is 14.9. The zero-order chi connectivity index (χ0) is 36.0. The maximum atomic E-state index is 14.9. The van der Waals surface area contributed by atoms with E-state index in [4.69, 9.17) is 0 Å². The van der Waals surface area contributed by atoms with E-state index in [-0.39, 0.29) is 50.2 Å². The number of imide groups is 2. The quantitative estimate of drug-likeness (QED) is 0.158. The van der Waals surface area contributed by atoms with Gasteiger partial charge in [-0.3, -0.25) is 24.1 Å². The molecule has 2 aliphatic rings. The van der Waals surface area contributed by atoms with Crippen LogP contribution in [0, 0.1) is 20.8 Å². The molecule has 6 rings (SSSR count). The standard InChI is InChI=1S/C37H28F6N2O4/c1-18-6-7-21(14-19(18)2)30(36(38,39)40)22-8-13-29(20(3)15-22)45-33(48)26-12-10-24(17-28(26)34(45)49)35(4,37(41,42)43)23-9-11-25-27(16-23)32(47)44(5)31(25)46/h6-17,30H,1-5H3. The largest absolute Gasteiger partial charge is 0.402 e. The second-order valence-electron chi connectivity index (χ2n) is 12.6. The Balaban J connectivity index is 1.39. The van der Waals surface area contributed by atoms with Crippen molar-refractivity contribution in [2.24, 2.45) is 0 Å². The highest BCUT2D eigenvalue weighted by Crippen LogP contribution is 2.48. The lowest BCUT2D eigenvalue weighted by molar-refractivity contribution is -0.173. The van der Waals surface area contributed by atoms with Crippen LogP contribution in [-0.4, -0.2) is 47.9 Å². The Morgan fingerprint density at radius 3 is 1.53 bits per heavy atom. The van der Waals surface area contributed by atoms with Crippen molar-refractivity contribution in [1.29, 1.82) is 0 Å². The molecular weight excluding hydrogens is 650 g/mol. The molecular formula is C37H28F6N2O4. The number of nitrogens with zero attached hydrogens (tertiary/aromatic N) is 2. The summed E-state index contributed by atoms with van der Waals surface area (Å²) in [7, 11) is 1.22. The third-order valence-electron chi connectivity index (χ3n) is 9.68. The molecule has 12 heteroatoms. The van der Waals surface area contributed by atoms with Crippen LogP contribution in [0.15, 0.2) is 72.8 Å². The van der Waals surface area contributed by atoms with Crippen LogP contribution in [0.4, 0.5) is 32.0 Å². The highest BCUT2D eigenvalue weighted by atomic mass is 19.4. The number of carbonyl (C=O) groups is 4. The van der Waals surface area contributed by atoms with Gasteiger partial charge in [-0.25, -0.2) is 4.90 Å². The summed E-state index contributed by atoms with van der Waals surface area (Å²) in [5, 5.41) is 0. The van der Waals surface area contributed by atoms with Crippen LogP contribution in [0.5, 0.6) is 0 Å². The predicted molar refractivity (Wildman–Crippen MR) is 168 cm³/mol. The number of alkyl halides is 6. The first kappa shape index (κ1) is 33.6. The average molecular weight is 679 g/mol. The molecule has 49 heavy (non-hydrogen) atoms. The van der Waals surface area contributed by atoms with E-state index >= 15 is 0 Å². The number of halogens is 6. The van der Waals surface area contributed by atoms with Crippen molar-refractivity contribution in [1.82, 2.24) is 4.90 Å². The second-order valence-corrected chi connectivity index (χ2v) is 12.6. The fraction of sp³-hybridized carbons (Fsp3) is 0.243. The molecule has 0 spiro atoms. The minimum absolute atomic E-state index is 0.0120. The van der Waals surface area contributed by atoms with Crippen molar-refractivity contribution in [2.45, 2.75) is 51.4 Å². The SMILES string of the molecule is Cc1ccc(C(c2ccc(N3C(=O)c4ccc(C(C)(c5ccc6c(c5)C(=O)N(C)C6=O)C(F)(F)F)cc4C3=O)c(C)c2)C(F)(F)F)cc1C. The fourth-order valence-corrected chi connectivity index (χ4v) is 6.56. The van der Waals surface area contributed by atoms with Gasteiger partial charge in [0.1, 0.15) is 11.3 Å². The third-order valence-corrected chi connectivity index (χ3v) is 9.68. The molecule has 2 atom stereocenters. The fourth-order valence-electron chi connectivity index (χ4n) is 6.56. The van der Waals surface area contributed by atoms with Crippen LogP contribution in [0.25, 0.3) is 0 Å². The first-order valence-electron chi connectivity index (χ1n) is 15.1. The second kappa shape index (κ2) is 11.1. The van der Waals surface area contributed by atoms with Gasteiger partial charge in [0.2, 0.25) is 0 Å². The lowest BCUT2D eigenvalue weighted by atomic mass is 9.74. The first-order valence-corrected chi connectivity index (χ1v) is 15.1. The van der Waals surface area contributed by atoms with Crippen LogP contribution >= 0.6 is 0 Å². The van der Waals surface area contributed by atoms with E-state index < -0.39 is 52.9 Å². The van der Waals surface area contributed by atoms with Gasteiger partial charge in [-0.1, -0.05) is 42.5 Å². The summed E-state index contributed by atoms with van der Waals surface area (Å²) in [4.78, 5) is 53.7. The van der Waals surface area contributed by atoms with Crippen LogP contribution in [0.2, 0.25) is 0 Å². The molecule has 4 aromatic rings. The molecule has 6 nitrogen and oxygen atoms in total. The summed E-state index contributed by atoms with van der Waals surface area (Å²) in [5.74, 6) is -5.18. The van der Waals surface area contributed by atoms with Crippen molar-refractivity contribution in [3.05, 3.63) is 134 Å². The molecule has 2 unspecified atom stereocenters. The molecule has 252 valence electrons. The molecule has 0 saturated carbocycles. The zero-order valence-electron chi connectivity index (χ0n) is 26.8. The summed E-state index contributed by atoms with van der Waals surface area (Å²) in [6, 6.07) is 14.5. The minimum Gasteiger partial charge on any atom is -0.277 e. The van der Waals surface area contributed by atoms with Gasteiger partial charge in [-0.2, -0.15) is 26.3 Å². The van der Waals surface area contributed by atoms with E-state index in [2.05, 4.69) is 0 Å². The van der Waals surface area contributed by atoms with Crippen molar-refractivity contribution in [2.75, 3.05) is 11.9 Å². The summed E-state index contributed by atoms with van der Waals surface area (Å²) < 4.78 is 88.0. The molecule has 0 bridgehead atoms. The zero-order valence-corrected chi connectivity index (χ0v) is 26.8.